The fourth-order valence-corrected chi connectivity index (χ4v) is 2.41. The van der Waals surface area contributed by atoms with E-state index in [1.807, 2.05) is 13.8 Å². The van der Waals surface area contributed by atoms with Crippen molar-refractivity contribution in [3.05, 3.63) is 28.8 Å². The van der Waals surface area contributed by atoms with E-state index in [0.717, 1.165) is 11.8 Å². The number of rotatable bonds is 4. The van der Waals surface area contributed by atoms with E-state index < -0.39 is 11.6 Å². The molecule has 1 rings (SSSR count). The van der Waals surface area contributed by atoms with Gasteiger partial charge in [0.25, 0.3) is 0 Å². The third-order valence-electron chi connectivity index (χ3n) is 2.24. The number of thioether (sulfide) groups is 1. The predicted octanol–water partition coefficient (Wildman–Crippen LogP) is 4.11. The summed E-state index contributed by atoms with van der Waals surface area (Å²) in [7, 11) is 0. The Labute approximate surface area is 109 Å². The van der Waals surface area contributed by atoms with Crippen molar-refractivity contribution < 1.29 is 14.3 Å². The number of carbonyl (C=O) groups is 1. The zero-order valence-electron chi connectivity index (χ0n) is 9.83. The number of halogens is 2. The van der Waals surface area contributed by atoms with Gasteiger partial charge < -0.3 is 5.11 Å². The van der Waals surface area contributed by atoms with Crippen molar-refractivity contribution in [1.29, 1.82) is 0 Å². The normalized spacial score (nSPS) is 14.7. The molecule has 1 N–H and O–H groups in total. The molecule has 0 saturated heterocycles. The molecule has 0 aromatic heterocycles. The SMILES string of the molecule is CC(C)Sc1ccc(C(C)(F)C(=O)O)cc1Cl. The molecule has 5 heteroatoms. The second-order valence-electron chi connectivity index (χ2n) is 4.12. The quantitative estimate of drug-likeness (QED) is 0.841. The summed E-state index contributed by atoms with van der Waals surface area (Å²) in [6.07, 6.45) is 0. The van der Waals surface area contributed by atoms with Crippen LogP contribution in [0.1, 0.15) is 26.3 Å². The molecular formula is C12H14ClFO2S. The summed E-state index contributed by atoms with van der Waals surface area (Å²) < 4.78 is 13.9. The van der Waals surface area contributed by atoms with E-state index in [2.05, 4.69) is 0 Å². The number of aliphatic carboxylic acids is 1. The van der Waals surface area contributed by atoms with Crippen molar-refractivity contribution in [2.45, 2.75) is 36.6 Å². The van der Waals surface area contributed by atoms with Gasteiger partial charge in [-0.3, -0.25) is 0 Å². The minimum Gasteiger partial charge on any atom is -0.479 e. The van der Waals surface area contributed by atoms with E-state index >= 15 is 0 Å². The Hall–Kier alpha value is -0.740. The molecule has 0 aliphatic rings. The minimum absolute atomic E-state index is 0.0584. The molecule has 1 unspecified atom stereocenters. The molecule has 0 amide bonds. The van der Waals surface area contributed by atoms with Crippen LogP contribution in [0.5, 0.6) is 0 Å². The zero-order valence-corrected chi connectivity index (χ0v) is 11.4. The fraction of sp³-hybridized carbons (Fsp3) is 0.417. The van der Waals surface area contributed by atoms with Crippen LogP contribution in [0.2, 0.25) is 5.02 Å². The highest BCUT2D eigenvalue weighted by Gasteiger charge is 2.35. The van der Waals surface area contributed by atoms with Crippen LogP contribution in [0.15, 0.2) is 23.1 Å². The summed E-state index contributed by atoms with van der Waals surface area (Å²) in [4.78, 5) is 11.6. The van der Waals surface area contributed by atoms with E-state index in [0.29, 0.717) is 10.3 Å². The van der Waals surface area contributed by atoms with Crippen LogP contribution in [0.25, 0.3) is 0 Å². The van der Waals surface area contributed by atoms with Crippen molar-refractivity contribution >= 4 is 29.3 Å². The van der Waals surface area contributed by atoms with Gasteiger partial charge in [0.05, 0.1) is 5.02 Å². The lowest BCUT2D eigenvalue weighted by Gasteiger charge is -2.17. The number of benzene rings is 1. The first-order chi connectivity index (χ1) is 7.75. The first kappa shape index (κ1) is 14.3. The van der Waals surface area contributed by atoms with E-state index in [9.17, 15) is 9.18 Å². The monoisotopic (exact) mass is 276 g/mol. The Morgan fingerprint density at radius 2 is 2.12 bits per heavy atom. The molecule has 0 fully saturated rings. The number of hydrogen-bond donors (Lipinski definition) is 1. The number of hydrogen-bond acceptors (Lipinski definition) is 2. The molecule has 0 aliphatic heterocycles. The molecule has 0 heterocycles. The first-order valence-corrected chi connectivity index (χ1v) is 6.40. The summed E-state index contributed by atoms with van der Waals surface area (Å²) in [5.74, 6) is -1.52. The first-order valence-electron chi connectivity index (χ1n) is 5.14. The molecule has 1 atom stereocenters. The molecule has 0 bridgehead atoms. The molecule has 2 nitrogen and oxygen atoms in total. The van der Waals surface area contributed by atoms with Crippen molar-refractivity contribution in [3.63, 3.8) is 0 Å². The number of alkyl halides is 1. The van der Waals surface area contributed by atoms with Gasteiger partial charge in [0.1, 0.15) is 0 Å². The lowest BCUT2D eigenvalue weighted by atomic mass is 9.98. The van der Waals surface area contributed by atoms with Gasteiger partial charge in [0, 0.05) is 15.7 Å². The summed E-state index contributed by atoms with van der Waals surface area (Å²) in [6.45, 7) is 5.05. The average Bonchev–Trinajstić information content (AvgIpc) is 2.20. The maximum Gasteiger partial charge on any atom is 0.345 e. The lowest BCUT2D eigenvalue weighted by Crippen LogP contribution is -2.26. The second-order valence-corrected chi connectivity index (χ2v) is 6.15. The second kappa shape index (κ2) is 5.27. The minimum atomic E-state index is -2.41. The van der Waals surface area contributed by atoms with Crippen LogP contribution in [0, 0.1) is 0 Å². The molecule has 1 aromatic carbocycles. The summed E-state index contributed by atoms with van der Waals surface area (Å²) in [5.41, 5.74) is -2.35. The third-order valence-corrected chi connectivity index (χ3v) is 3.74. The Balaban J connectivity index is 3.08. The zero-order chi connectivity index (χ0) is 13.2. The molecule has 0 spiro atoms. The van der Waals surface area contributed by atoms with Gasteiger partial charge >= 0.3 is 5.97 Å². The summed E-state index contributed by atoms with van der Waals surface area (Å²) >= 11 is 7.55. The average molecular weight is 277 g/mol. The number of carboxylic acid groups (broad SMARTS) is 1. The highest BCUT2D eigenvalue weighted by molar-refractivity contribution is 8.00. The van der Waals surface area contributed by atoms with Gasteiger partial charge in [-0.05, 0) is 19.1 Å². The Kier molecular flexibility index (Phi) is 4.44. The smallest absolute Gasteiger partial charge is 0.345 e. The topological polar surface area (TPSA) is 37.3 Å². The van der Waals surface area contributed by atoms with Gasteiger partial charge in [-0.25, -0.2) is 9.18 Å². The molecular weight excluding hydrogens is 263 g/mol. The molecule has 0 aliphatic carbocycles. The Bertz CT molecular complexity index is 433. The Morgan fingerprint density at radius 3 is 2.53 bits per heavy atom. The fourth-order valence-electron chi connectivity index (χ4n) is 1.27. The van der Waals surface area contributed by atoms with Gasteiger partial charge in [-0.1, -0.05) is 31.5 Å². The number of carboxylic acids is 1. The predicted molar refractivity (Wildman–Crippen MR) is 68.5 cm³/mol. The maximum absolute atomic E-state index is 13.9. The summed E-state index contributed by atoms with van der Waals surface area (Å²) in [5, 5.41) is 9.51. The Morgan fingerprint density at radius 1 is 1.53 bits per heavy atom. The highest BCUT2D eigenvalue weighted by atomic mass is 35.5. The van der Waals surface area contributed by atoms with Gasteiger partial charge in [-0.2, -0.15) is 0 Å². The van der Waals surface area contributed by atoms with Crippen molar-refractivity contribution in [2.24, 2.45) is 0 Å². The lowest BCUT2D eigenvalue weighted by molar-refractivity contribution is -0.150. The summed E-state index contributed by atoms with van der Waals surface area (Å²) in [6, 6.07) is 4.49. The molecule has 0 radical (unpaired) electrons. The van der Waals surface area contributed by atoms with E-state index in [-0.39, 0.29) is 5.56 Å². The standard InChI is InChI=1S/C12H14ClFO2S/c1-7(2)17-10-5-4-8(6-9(10)13)12(3,14)11(15)16/h4-7H,1-3H3,(H,15,16). The molecule has 0 saturated carbocycles. The molecule has 17 heavy (non-hydrogen) atoms. The highest BCUT2D eigenvalue weighted by Crippen LogP contribution is 2.35. The largest absolute Gasteiger partial charge is 0.479 e. The van der Waals surface area contributed by atoms with Crippen LogP contribution in [0.4, 0.5) is 4.39 Å². The van der Waals surface area contributed by atoms with E-state index in [1.165, 1.54) is 12.1 Å². The van der Waals surface area contributed by atoms with E-state index in [4.69, 9.17) is 16.7 Å². The van der Waals surface area contributed by atoms with Crippen LogP contribution in [-0.4, -0.2) is 16.3 Å². The van der Waals surface area contributed by atoms with Crippen LogP contribution in [0.3, 0.4) is 0 Å². The third kappa shape index (κ3) is 3.36. The van der Waals surface area contributed by atoms with Crippen LogP contribution < -0.4 is 0 Å². The molecule has 1 aromatic rings. The molecule has 94 valence electrons. The van der Waals surface area contributed by atoms with E-state index in [1.54, 1.807) is 17.8 Å². The van der Waals surface area contributed by atoms with Crippen molar-refractivity contribution in [1.82, 2.24) is 0 Å². The van der Waals surface area contributed by atoms with Crippen LogP contribution >= 0.6 is 23.4 Å². The van der Waals surface area contributed by atoms with Gasteiger partial charge in [0.2, 0.25) is 5.67 Å². The van der Waals surface area contributed by atoms with Gasteiger partial charge in [0.15, 0.2) is 0 Å². The van der Waals surface area contributed by atoms with Crippen molar-refractivity contribution in [2.75, 3.05) is 0 Å². The van der Waals surface area contributed by atoms with Crippen LogP contribution in [-0.2, 0) is 10.5 Å². The van der Waals surface area contributed by atoms with Gasteiger partial charge in [-0.15, -0.1) is 11.8 Å². The van der Waals surface area contributed by atoms with Crippen molar-refractivity contribution in [3.8, 4) is 0 Å². The maximum atomic E-state index is 13.9.